The van der Waals surface area contributed by atoms with Crippen LogP contribution in [0.3, 0.4) is 0 Å². The average molecular weight is 364 g/mol. The maximum absolute atomic E-state index is 13.1. The number of nitrogens with zero attached hydrogens (tertiary/aromatic N) is 1. The van der Waals surface area contributed by atoms with E-state index in [-0.39, 0.29) is 54.6 Å². The van der Waals surface area contributed by atoms with Crippen LogP contribution in [0.25, 0.3) is 0 Å². The van der Waals surface area contributed by atoms with E-state index in [0.717, 1.165) is 25.7 Å². The molecule has 144 valence electrons. The molecular formula is C18H28N4O4. The molecule has 8 heteroatoms. The lowest BCUT2D eigenvalue weighted by Crippen LogP contribution is -2.53. The van der Waals surface area contributed by atoms with Gasteiger partial charge in [0, 0.05) is 31.5 Å². The first kappa shape index (κ1) is 18.7. The predicted octanol–water partition coefficient (Wildman–Crippen LogP) is -0.464. The fraction of sp³-hybridized carbons (Fsp3) is 0.778. The first-order valence-corrected chi connectivity index (χ1v) is 9.46. The minimum absolute atomic E-state index is 0.00580. The van der Waals surface area contributed by atoms with E-state index >= 15 is 0 Å². The molecule has 3 rings (SSSR count). The van der Waals surface area contributed by atoms with Crippen molar-refractivity contribution in [1.29, 1.82) is 0 Å². The molecule has 3 fully saturated rings. The number of piperidine rings is 1. The number of nitrogens with one attached hydrogen (secondary N) is 3. The van der Waals surface area contributed by atoms with Crippen LogP contribution in [0.15, 0.2) is 0 Å². The Balaban J connectivity index is 1.75. The van der Waals surface area contributed by atoms with Gasteiger partial charge in [-0.3, -0.25) is 19.2 Å². The zero-order valence-electron chi connectivity index (χ0n) is 15.3. The van der Waals surface area contributed by atoms with Crippen molar-refractivity contribution in [2.75, 3.05) is 26.2 Å². The molecule has 0 radical (unpaired) electrons. The lowest BCUT2D eigenvalue weighted by molar-refractivity contribution is -0.141. The van der Waals surface area contributed by atoms with Gasteiger partial charge in [-0.2, -0.15) is 0 Å². The second kappa shape index (κ2) is 7.63. The molecular weight excluding hydrogens is 336 g/mol. The van der Waals surface area contributed by atoms with E-state index in [2.05, 4.69) is 22.9 Å². The van der Waals surface area contributed by atoms with Crippen LogP contribution in [0.5, 0.6) is 0 Å². The standard InChI is InChI=1S/C18H28N4O4/c1-18(4-5-18)8-12-7-14(23)19-9-15(24)20-10-16(25)21-13-3-2-6-22(11-13)17(12)26/h12-13H,2-11H2,1H3,(H,19,23)(H,20,24)(H,21,25). The summed E-state index contributed by atoms with van der Waals surface area (Å²) in [5, 5.41) is 7.96. The second-order valence-electron chi connectivity index (χ2n) is 8.16. The van der Waals surface area contributed by atoms with E-state index in [9.17, 15) is 19.2 Å². The maximum atomic E-state index is 13.1. The monoisotopic (exact) mass is 364 g/mol. The molecule has 2 aliphatic heterocycles. The molecule has 2 saturated heterocycles. The van der Waals surface area contributed by atoms with Crippen LogP contribution >= 0.6 is 0 Å². The van der Waals surface area contributed by atoms with Gasteiger partial charge < -0.3 is 20.9 Å². The molecule has 3 aliphatic rings. The minimum Gasteiger partial charge on any atom is -0.350 e. The Morgan fingerprint density at radius 1 is 1.04 bits per heavy atom. The van der Waals surface area contributed by atoms with E-state index in [1.54, 1.807) is 4.90 Å². The number of rotatable bonds is 2. The van der Waals surface area contributed by atoms with Crippen LogP contribution < -0.4 is 16.0 Å². The average Bonchev–Trinajstić information content (AvgIpc) is 3.33. The van der Waals surface area contributed by atoms with E-state index in [4.69, 9.17) is 0 Å². The van der Waals surface area contributed by atoms with E-state index in [1.807, 2.05) is 0 Å². The normalized spacial score (nSPS) is 30.0. The van der Waals surface area contributed by atoms with Crippen LogP contribution in [-0.2, 0) is 19.2 Å². The lowest BCUT2D eigenvalue weighted by atomic mass is 9.88. The number of amides is 4. The first-order chi connectivity index (χ1) is 12.3. The summed E-state index contributed by atoms with van der Waals surface area (Å²) in [5.41, 5.74) is 0.146. The number of carbonyl (C=O) groups excluding carboxylic acids is 4. The molecule has 0 aromatic rings. The van der Waals surface area contributed by atoms with Crippen LogP contribution in [0, 0.1) is 11.3 Å². The van der Waals surface area contributed by atoms with Crippen molar-refractivity contribution in [2.24, 2.45) is 11.3 Å². The second-order valence-corrected chi connectivity index (χ2v) is 8.16. The third kappa shape index (κ3) is 4.95. The Morgan fingerprint density at radius 2 is 1.73 bits per heavy atom. The van der Waals surface area contributed by atoms with Crippen LogP contribution in [0.2, 0.25) is 0 Å². The largest absolute Gasteiger partial charge is 0.350 e. The molecule has 0 aromatic heterocycles. The molecule has 2 heterocycles. The molecule has 8 nitrogen and oxygen atoms in total. The van der Waals surface area contributed by atoms with Crippen LogP contribution in [-0.4, -0.2) is 60.7 Å². The highest BCUT2D eigenvalue weighted by Crippen LogP contribution is 2.50. The van der Waals surface area contributed by atoms with Crippen molar-refractivity contribution < 1.29 is 19.2 Å². The molecule has 2 unspecified atom stereocenters. The van der Waals surface area contributed by atoms with Crippen molar-refractivity contribution in [3.63, 3.8) is 0 Å². The fourth-order valence-corrected chi connectivity index (χ4v) is 3.81. The van der Waals surface area contributed by atoms with Gasteiger partial charge in [-0.05, 0) is 37.5 Å². The molecule has 0 aromatic carbocycles. The summed E-state index contributed by atoms with van der Waals surface area (Å²) < 4.78 is 0. The van der Waals surface area contributed by atoms with Gasteiger partial charge in [0.05, 0.1) is 13.1 Å². The van der Waals surface area contributed by atoms with Gasteiger partial charge in [-0.15, -0.1) is 0 Å². The summed E-state index contributed by atoms with van der Waals surface area (Å²) in [7, 11) is 0. The highest BCUT2D eigenvalue weighted by atomic mass is 16.2. The van der Waals surface area contributed by atoms with Crippen LogP contribution in [0.1, 0.15) is 45.4 Å². The molecule has 0 spiro atoms. The number of hydrogen-bond acceptors (Lipinski definition) is 4. The van der Waals surface area contributed by atoms with Gasteiger partial charge in [0.1, 0.15) is 0 Å². The summed E-state index contributed by atoms with van der Waals surface area (Å²) in [4.78, 5) is 50.9. The third-order valence-corrected chi connectivity index (χ3v) is 5.61. The summed E-state index contributed by atoms with van der Waals surface area (Å²) >= 11 is 0. The molecule has 3 N–H and O–H groups in total. The van der Waals surface area contributed by atoms with Crippen molar-refractivity contribution >= 4 is 23.6 Å². The van der Waals surface area contributed by atoms with Gasteiger partial charge in [0.2, 0.25) is 23.6 Å². The van der Waals surface area contributed by atoms with Gasteiger partial charge in [0.15, 0.2) is 0 Å². The Bertz CT molecular complexity index is 602. The van der Waals surface area contributed by atoms with E-state index < -0.39 is 5.91 Å². The molecule has 1 aliphatic carbocycles. The molecule has 4 amide bonds. The topological polar surface area (TPSA) is 108 Å². The highest BCUT2D eigenvalue weighted by Gasteiger charge is 2.42. The third-order valence-electron chi connectivity index (χ3n) is 5.61. The Kier molecular flexibility index (Phi) is 5.48. The van der Waals surface area contributed by atoms with Crippen molar-refractivity contribution in [1.82, 2.24) is 20.9 Å². The summed E-state index contributed by atoms with van der Waals surface area (Å²) in [5.74, 6) is -1.36. The molecule has 1 saturated carbocycles. The zero-order chi connectivity index (χ0) is 18.7. The zero-order valence-corrected chi connectivity index (χ0v) is 15.3. The van der Waals surface area contributed by atoms with Gasteiger partial charge in [-0.1, -0.05) is 6.92 Å². The van der Waals surface area contributed by atoms with E-state index in [0.29, 0.717) is 19.5 Å². The number of fused-ring (bicyclic) bond motifs is 2. The Labute approximate surface area is 153 Å². The lowest BCUT2D eigenvalue weighted by Gasteiger charge is -2.36. The van der Waals surface area contributed by atoms with Crippen molar-refractivity contribution in [2.45, 2.75) is 51.5 Å². The number of hydrogen-bond donors (Lipinski definition) is 3. The predicted molar refractivity (Wildman–Crippen MR) is 93.8 cm³/mol. The fourth-order valence-electron chi connectivity index (χ4n) is 3.81. The highest BCUT2D eigenvalue weighted by molar-refractivity contribution is 5.90. The van der Waals surface area contributed by atoms with Crippen LogP contribution in [0.4, 0.5) is 0 Å². The van der Waals surface area contributed by atoms with Crippen molar-refractivity contribution in [3.8, 4) is 0 Å². The van der Waals surface area contributed by atoms with Gasteiger partial charge >= 0.3 is 0 Å². The van der Waals surface area contributed by atoms with Gasteiger partial charge in [0.25, 0.3) is 0 Å². The summed E-state index contributed by atoms with van der Waals surface area (Å²) in [6.07, 6.45) is 4.60. The molecule has 2 bridgehead atoms. The van der Waals surface area contributed by atoms with Gasteiger partial charge in [-0.25, -0.2) is 0 Å². The summed E-state index contributed by atoms with van der Waals surface area (Å²) in [6.45, 7) is 2.97. The Morgan fingerprint density at radius 3 is 2.46 bits per heavy atom. The smallest absolute Gasteiger partial charge is 0.239 e. The minimum atomic E-state index is -0.409. The molecule has 26 heavy (non-hydrogen) atoms. The summed E-state index contributed by atoms with van der Waals surface area (Å²) in [6, 6.07) is -0.106. The number of carbonyl (C=O) groups is 4. The van der Waals surface area contributed by atoms with Crippen molar-refractivity contribution in [3.05, 3.63) is 0 Å². The first-order valence-electron chi connectivity index (χ1n) is 9.46. The Hall–Kier alpha value is -2.12. The quantitative estimate of drug-likeness (QED) is 0.616. The SMILES string of the molecule is CC1(CC2CC(=O)NCC(=O)NCC(=O)NC3CCCN(C3)C2=O)CC1. The maximum Gasteiger partial charge on any atom is 0.239 e. The van der Waals surface area contributed by atoms with E-state index in [1.165, 1.54) is 0 Å². The molecule has 2 atom stereocenters.